The topological polar surface area (TPSA) is 60.9 Å². The van der Waals surface area contributed by atoms with E-state index in [1.807, 2.05) is 25.7 Å². The van der Waals surface area contributed by atoms with Crippen LogP contribution in [0.2, 0.25) is 0 Å². The van der Waals surface area contributed by atoms with Crippen molar-refractivity contribution in [3.05, 3.63) is 12.2 Å². The summed E-state index contributed by atoms with van der Waals surface area (Å²) < 4.78 is 0. The van der Waals surface area contributed by atoms with Gasteiger partial charge in [-0.1, -0.05) is 25.5 Å². The molecule has 5 heteroatoms. The Morgan fingerprint density at radius 3 is 2.52 bits per heavy atom. The van der Waals surface area contributed by atoms with Crippen LogP contribution in [0.15, 0.2) is 12.2 Å². The lowest BCUT2D eigenvalue weighted by atomic mass is 9.83. The minimum Gasteiger partial charge on any atom is -0.481 e. The number of carbonyl (C=O) groups excluding carboxylic acids is 1. The van der Waals surface area contributed by atoms with Gasteiger partial charge in [0.25, 0.3) is 0 Å². The van der Waals surface area contributed by atoms with Gasteiger partial charge in [-0.3, -0.25) is 14.5 Å². The zero-order valence-electron chi connectivity index (χ0n) is 13.5. The fourth-order valence-electron chi connectivity index (χ4n) is 3.05. The van der Waals surface area contributed by atoms with Crippen molar-refractivity contribution in [2.45, 2.75) is 40.0 Å². The molecule has 0 aromatic carbocycles. The molecule has 1 aliphatic rings. The molecule has 0 aliphatic carbocycles. The molecule has 0 spiro atoms. The van der Waals surface area contributed by atoms with Crippen LogP contribution in [0, 0.1) is 5.41 Å². The van der Waals surface area contributed by atoms with E-state index in [-0.39, 0.29) is 5.91 Å². The lowest BCUT2D eigenvalue weighted by Gasteiger charge is -2.26. The number of likely N-dealkylation sites (tertiary alicyclic amines) is 1. The Morgan fingerprint density at radius 1 is 1.38 bits per heavy atom. The summed E-state index contributed by atoms with van der Waals surface area (Å²) in [5.74, 6) is -0.674. The number of carboxylic acid groups (broad SMARTS) is 1. The maximum absolute atomic E-state index is 12.3. The highest BCUT2D eigenvalue weighted by Crippen LogP contribution is 2.35. The molecule has 120 valence electrons. The van der Waals surface area contributed by atoms with Gasteiger partial charge in [-0.2, -0.15) is 0 Å². The standard InChI is InChI=1S/C16H28N2O3/c1-5-7-16(15(20)21)8-9-17(12-16)11-14(19)18(6-2)10-13(3)4/h3,5-12H2,1-2,4H3,(H,20,21). The molecule has 1 amide bonds. The maximum Gasteiger partial charge on any atom is 0.310 e. The third-order valence-electron chi connectivity index (χ3n) is 4.17. The number of hydrogen-bond acceptors (Lipinski definition) is 3. The summed E-state index contributed by atoms with van der Waals surface area (Å²) >= 11 is 0. The molecule has 0 aromatic rings. The highest BCUT2D eigenvalue weighted by molar-refractivity contribution is 5.79. The van der Waals surface area contributed by atoms with E-state index in [0.717, 1.165) is 12.0 Å². The quantitative estimate of drug-likeness (QED) is 0.696. The van der Waals surface area contributed by atoms with Crippen LogP contribution >= 0.6 is 0 Å². The Hall–Kier alpha value is -1.36. The van der Waals surface area contributed by atoms with Gasteiger partial charge in [0.05, 0.1) is 12.0 Å². The molecule has 0 bridgehead atoms. The maximum atomic E-state index is 12.3. The molecule has 0 saturated carbocycles. The van der Waals surface area contributed by atoms with E-state index >= 15 is 0 Å². The number of hydrogen-bond donors (Lipinski definition) is 1. The van der Waals surface area contributed by atoms with Gasteiger partial charge in [0, 0.05) is 19.6 Å². The van der Waals surface area contributed by atoms with Crippen molar-refractivity contribution in [3.8, 4) is 0 Å². The highest BCUT2D eigenvalue weighted by atomic mass is 16.4. The summed E-state index contributed by atoms with van der Waals surface area (Å²) in [6, 6.07) is 0. The molecule has 1 heterocycles. The molecule has 1 atom stereocenters. The Kier molecular flexibility index (Phi) is 6.40. The predicted octanol–water partition coefficient (Wildman–Crippen LogP) is 1.99. The van der Waals surface area contributed by atoms with E-state index in [4.69, 9.17) is 0 Å². The van der Waals surface area contributed by atoms with Gasteiger partial charge in [0.2, 0.25) is 5.91 Å². The van der Waals surface area contributed by atoms with E-state index in [2.05, 4.69) is 6.58 Å². The lowest BCUT2D eigenvalue weighted by Crippen LogP contribution is -2.42. The fraction of sp³-hybridized carbons (Fsp3) is 0.750. The van der Waals surface area contributed by atoms with Crippen LogP contribution < -0.4 is 0 Å². The van der Waals surface area contributed by atoms with Crippen molar-refractivity contribution in [1.82, 2.24) is 9.80 Å². The zero-order valence-corrected chi connectivity index (χ0v) is 13.5. The smallest absolute Gasteiger partial charge is 0.310 e. The summed E-state index contributed by atoms with van der Waals surface area (Å²) in [7, 11) is 0. The monoisotopic (exact) mass is 296 g/mol. The first kappa shape index (κ1) is 17.7. The van der Waals surface area contributed by atoms with E-state index in [1.54, 1.807) is 4.90 Å². The predicted molar refractivity (Wildman–Crippen MR) is 83.1 cm³/mol. The van der Waals surface area contributed by atoms with Crippen LogP contribution in [-0.2, 0) is 9.59 Å². The number of carboxylic acids is 1. The van der Waals surface area contributed by atoms with Gasteiger partial charge in [-0.25, -0.2) is 0 Å². The van der Waals surface area contributed by atoms with Crippen molar-refractivity contribution in [3.63, 3.8) is 0 Å². The Morgan fingerprint density at radius 2 is 2.05 bits per heavy atom. The highest BCUT2D eigenvalue weighted by Gasteiger charge is 2.44. The van der Waals surface area contributed by atoms with E-state index in [0.29, 0.717) is 45.6 Å². The largest absolute Gasteiger partial charge is 0.481 e. The van der Waals surface area contributed by atoms with Gasteiger partial charge in [0.1, 0.15) is 0 Å². The van der Waals surface area contributed by atoms with Crippen LogP contribution in [0.1, 0.15) is 40.0 Å². The lowest BCUT2D eigenvalue weighted by molar-refractivity contribution is -0.149. The minimum absolute atomic E-state index is 0.0539. The van der Waals surface area contributed by atoms with E-state index in [1.165, 1.54) is 0 Å². The molecule has 1 fully saturated rings. The molecular weight excluding hydrogens is 268 g/mol. The summed E-state index contributed by atoms with van der Waals surface area (Å²) in [6.07, 6.45) is 2.16. The van der Waals surface area contributed by atoms with Crippen LogP contribution in [-0.4, -0.2) is 59.5 Å². The van der Waals surface area contributed by atoms with Crippen LogP contribution in [0.5, 0.6) is 0 Å². The number of likely N-dealkylation sites (N-methyl/N-ethyl adjacent to an activating group) is 1. The van der Waals surface area contributed by atoms with Crippen molar-refractivity contribution >= 4 is 11.9 Å². The number of nitrogens with zero attached hydrogens (tertiary/aromatic N) is 2. The summed E-state index contributed by atoms with van der Waals surface area (Å²) in [4.78, 5) is 27.6. The second-order valence-electron chi connectivity index (χ2n) is 6.16. The van der Waals surface area contributed by atoms with E-state index in [9.17, 15) is 14.7 Å². The molecular formula is C16H28N2O3. The van der Waals surface area contributed by atoms with Gasteiger partial charge in [-0.05, 0) is 33.2 Å². The molecule has 1 saturated heterocycles. The molecule has 1 rings (SSSR count). The van der Waals surface area contributed by atoms with Crippen molar-refractivity contribution in [2.24, 2.45) is 5.41 Å². The molecule has 0 radical (unpaired) electrons. The third kappa shape index (κ3) is 4.56. The minimum atomic E-state index is -0.728. The van der Waals surface area contributed by atoms with Gasteiger partial charge in [-0.15, -0.1) is 0 Å². The Balaban J connectivity index is 2.62. The zero-order chi connectivity index (χ0) is 16.0. The van der Waals surface area contributed by atoms with Gasteiger partial charge >= 0.3 is 5.97 Å². The second-order valence-corrected chi connectivity index (χ2v) is 6.16. The molecule has 5 nitrogen and oxygen atoms in total. The third-order valence-corrected chi connectivity index (χ3v) is 4.17. The second kappa shape index (κ2) is 7.59. The molecule has 0 aromatic heterocycles. The van der Waals surface area contributed by atoms with Gasteiger partial charge in [0.15, 0.2) is 0 Å². The molecule has 1 aliphatic heterocycles. The fourth-order valence-corrected chi connectivity index (χ4v) is 3.05. The first-order valence-electron chi connectivity index (χ1n) is 7.72. The average Bonchev–Trinajstić information content (AvgIpc) is 2.80. The summed E-state index contributed by atoms with van der Waals surface area (Å²) in [5, 5.41) is 9.49. The van der Waals surface area contributed by atoms with Gasteiger partial charge < -0.3 is 10.0 Å². The number of amides is 1. The first-order chi connectivity index (χ1) is 9.84. The van der Waals surface area contributed by atoms with E-state index < -0.39 is 11.4 Å². The summed E-state index contributed by atoms with van der Waals surface area (Å²) in [5.41, 5.74) is 0.290. The first-order valence-corrected chi connectivity index (χ1v) is 7.72. The average molecular weight is 296 g/mol. The van der Waals surface area contributed by atoms with Crippen LogP contribution in [0.4, 0.5) is 0 Å². The SMILES string of the molecule is C=C(C)CN(CC)C(=O)CN1CCC(CCC)(C(=O)O)C1. The molecule has 1 unspecified atom stereocenters. The normalized spacial score (nSPS) is 22.2. The Labute approximate surface area is 127 Å². The molecule has 21 heavy (non-hydrogen) atoms. The van der Waals surface area contributed by atoms with Crippen molar-refractivity contribution < 1.29 is 14.7 Å². The number of aliphatic carboxylic acids is 1. The van der Waals surface area contributed by atoms with Crippen LogP contribution in [0.3, 0.4) is 0 Å². The number of carbonyl (C=O) groups is 2. The summed E-state index contributed by atoms with van der Waals surface area (Å²) in [6.45, 7) is 12.4. The number of rotatable bonds is 8. The van der Waals surface area contributed by atoms with Crippen LogP contribution in [0.25, 0.3) is 0 Å². The molecule has 1 N–H and O–H groups in total. The Bertz CT molecular complexity index is 408. The van der Waals surface area contributed by atoms with Crippen molar-refractivity contribution in [2.75, 3.05) is 32.7 Å². The van der Waals surface area contributed by atoms with Crippen molar-refractivity contribution in [1.29, 1.82) is 0 Å².